The van der Waals surface area contributed by atoms with Crippen molar-refractivity contribution >= 4 is 27.6 Å². The maximum absolute atomic E-state index is 9.66. The van der Waals surface area contributed by atoms with E-state index in [-0.39, 0.29) is 0 Å². The Hall–Kier alpha value is -4.24. The fourth-order valence-corrected chi connectivity index (χ4v) is 3.81. The van der Waals surface area contributed by atoms with Crippen LogP contribution in [0.5, 0.6) is 0 Å². The predicted octanol–water partition coefficient (Wildman–Crippen LogP) is 4.71. The van der Waals surface area contributed by atoms with Crippen LogP contribution < -0.4 is 5.32 Å². The predicted molar refractivity (Wildman–Crippen MR) is 123 cm³/mol. The zero-order valence-electron chi connectivity index (χ0n) is 17.1. The lowest BCUT2D eigenvalue weighted by molar-refractivity contribution is 0.797. The van der Waals surface area contributed by atoms with Gasteiger partial charge in [-0.05, 0) is 35.7 Å². The second-order valence-corrected chi connectivity index (χ2v) is 7.45. The van der Waals surface area contributed by atoms with Gasteiger partial charge >= 0.3 is 0 Å². The number of anilines is 1. The standard InChI is InChI=1S/C25H20N6/c1-31-24-12-19(14-29-23(24)16-30-31)18-7-8-22-21(11-18)25(20(13-26)15-28-22)27-10-9-17-5-3-2-4-6-17/h2-8,11-12,14-16H,9-10H2,1H3,(H,27,28). The number of nitrogens with one attached hydrogen (secondary N) is 1. The van der Waals surface area contributed by atoms with Crippen LogP contribution in [0.1, 0.15) is 11.1 Å². The molecule has 5 rings (SSSR count). The van der Waals surface area contributed by atoms with Crippen molar-refractivity contribution in [1.82, 2.24) is 19.7 Å². The molecule has 0 fully saturated rings. The van der Waals surface area contributed by atoms with Crippen LogP contribution in [0.3, 0.4) is 0 Å². The van der Waals surface area contributed by atoms with Crippen LogP contribution in [0.15, 0.2) is 73.2 Å². The Kier molecular flexibility index (Phi) is 4.77. The van der Waals surface area contributed by atoms with Crippen molar-refractivity contribution in [3.8, 4) is 17.2 Å². The summed E-state index contributed by atoms with van der Waals surface area (Å²) in [6.07, 6.45) is 6.12. The van der Waals surface area contributed by atoms with Crippen LogP contribution in [0.2, 0.25) is 0 Å². The molecule has 0 spiro atoms. The Morgan fingerprint density at radius 2 is 1.77 bits per heavy atom. The third-order valence-electron chi connectivity index (χ3n) is 5.48. The van der Waals surface area contributed by atoms with Gasteiger partial charge in [0.05, 0.1) is 28.5 Å². The number of rotatable bonds is 5. The summed E-state index contributed by atoms with van der Waals surface area (Å²) in [7, 11) is 1.91. The summed E-state index contributed by atoms with van der Waals surface area (Å²) in [5.41, 5.74) is 7.31. The molecule has 0 unspecified atom stereocenters. The molecule has 0 saturated carbocycles. The molecule has 3 aromatic heterocycles. The van der Waals surface area contributed by atoms with Gasteiger partial charge in [-0.1, -0.05) is 36.4 Å². The summed E-state index contributed by atoms with van der Waals surface area (Å²) < 4.78 is 1.82. The number of aromatic nitrogens is 4. The van der Waals surface area contributed by atoms with Gasteiger partial charge in [0.2, 0.25) is 0 Å². The summed E-state index contributed by atoms with van der Waals surface area (Å²) in [6, 6.07) is 20.8. The molecule has 0 bridgehead atoms. The van der Waals surface area contributed by atoms with Gasteiger partial charge < -0.3 is 5.32 Å². The van der Waals surface area contributed by atoms with Crippen LogP contribution in [-0.4, -0.2) is 26.3 Å². The Balaban J connectivity index is 1.53. The van der Waals surface area contributed by atoms with E-state index >= 15 is 0 Å². The van der Waals surface area contributed by atoms with Crippen LogP contribution in [-0.2, 0) is 13.5 Å². The molecule has 6 heteroatoms. The number of nitrogens with zero attached hydrogens (tertiary/aromatic N) is 5. The van der Waals surface area contributed by atoms with Crippen LogP contribution >= 0.6 is 0 Å². The van der Waals surface area contributed by atoms with Gasteiger partial charge in [-0.15, -0.1) is 0 Å². The zero-order chi connectivity index (χ0) is 21.2. The number of hydrogen-bond acceptors (Lipinski definition) is 5. The molecular weight excluding hydrogens is 384 g/mol. The third-order valence-corrected chi connectivity index (χ3v) is 5.48. The minimum absolute atomic E-state index is 0.540. The number of nitriles is 1. The molecule has 31 heavy (non-hydrogen) atoms. The van der Waals surface area contributed by atoms with Crippen molar-refractivity contribution in [2.24, 2.45) is 7.05 Å². The van der Waals surface area contributed by atoms with Crippen molar-refractivity contribution in [3.05, 3.63) is 84.3 Å². The SMILES string of the molecule is Cn1ncc2ncc(-c3ccc4ncc(C#N)c(NCCc5ccccc5)c4c3)cc21. The molecule has 0 saturated heterocycles. The van der Waals surface area contributed by atoms with Crippen molar-refractivity contribution in [2.45, 2.75) is 6.42 Å². The number of benzene rings is 2. The number of aryl methyl sites for hydroxylation is 1. The summed E-state index contributed by atoms with van der Waals surface area (Å²) in [6.45, 7) is 0.727. The Bertz CT molecular complexity index is 1430. The van der Waals surface area contributed by atoms with E-state index in [1.807, 2.05) is 48.3 Å². The lowest BCUT2D eigenvalue weighted by Crippen LogP contribution is -2.07. The Morgan fingerprint density at radius 3 is 2.61 bits per heavy atom. The first-order valence-corrected chi connectivity index (χ1v) is 10.1. The molecule has 0 aliphatic carbocycles. The van der Waals surface area contributed by atoms with Gasteiger partial charge in [0.15, 0.2) is 0 Å². The first kappa shape index (κ1) is 18.8. The van der Waals surface area contributed by atoms with E-state index < -0.39 is 0 Å². The summed E-state index contributed by atoms with van der Waals surface area (Å²) in [4.78, 5) is 9.01. The third kappa shape index (κ3) is 3.58. The monoisotopic (exact) mass is 404 g/mol. The van der Waals surface area contributed by atoms with E-state index in [0.29, 0.717) is 5.56 Å². The van der Waals surface area contributed by atoms with Crippen molar-refractivity contribution in [3.63, 3.8) is 0 Å². The molecule has 0 radical (unpaired) electrons. The molecule has 3 heterocycles. The summed E-state index contributed by atoms with van der Waals surface area (Å²) >= 11 is 0. The molecule has 0 atom stereocenters. The minimum atomic E-state index is 0.540. The number of hydrogen-bond donors (Lipinski definition) is 1. The number of pyridine rings is 2. The normalized spacial score (nSPS) is 11.0. The highest BCUT2D eigenvalue weighted by Gasteiger charge is 2.11. The molecule has 1 N–H and O–H groups in total. The topological polar surface area (TPSA) is 79.4 Å². The van der Waals surface area contributed by atoms with E-state index in [1.54, 1.807) is 12.4 Å². The Morgan fingerprint density at radius 1 is 0.935 bits per heavy atom. The highest BCUT2D eigenvalue weighted by molar-refractivity contribution is 5.97. The highest BCUT2D eigenvalue weighted by atomic mass is 15.3. The molecule has 6 nitrogen and oxygen atoms in total. The molecule has 0 aliphatic heterocycles. The van der Waals surface area contributed by atoms with Gasteiger partial charge in [-0.2, -0.15) is 10.4 Å². The molecule has 5 aromatic rings. The van der Waals surface area contributed by atoms with Crippen molar-refractivity contribution in [2.75, 3.05) is 11.9 Å². The van der Waals surface area contributed by atoms with Crippen LogP contribution in [0, 0.1) is 11.3 Å². The maximum Gasteiger partial charge on any atom is 0.108 e. The van der Waals surface area contributed by atoms with Crippen molar-refractivity contribution < 1.29 is 0 Å². The second kappa shape index (κ2) is 7.88. The number of fused-ring (bicyclic) bond motifs is 2. The van der Waals surface area contributed by atoms with E-state index in [0.717, 1.165) is 51.7 Å². The molecule has 0 amide bonds. The first-order valence-electron chi connectivity index (χ1n) is 10.1. The van der Waals surface area contributed by atoms with Gasteiger partial charge in [0.25, 0.3) is 0 Å². The lowest BCUT2D eigenvalue weighted by Gasteiger charge is -2.13. The van der Waals surface area contributed by atoms with Gasteiger partial charge in [0, 0.05) is 36.9 Å². The van der Waals surface area contributed by atoms with E-state index in [9.17, 15) is 5.26 Å². The van der Waals surface area contributed by atoms with Crippen LogP contribution in [0.4, 0.5) is 5.69 Å². The average molecular weight is 404 g/mol. The van der Waals surface area contributed by atoms with E-state index in [1.165, 1.54) is 5.56 Å². The Labute approximate surface area is 179 Å². The fraction of sp³-hybridized carbons (Fsp3) is 0.120. The zero-order valence-corrected chi connectivity index (χ0v) is 17.1. The maximum atomic E-state index is 9.66. The molecule has 2 aromatic carbocycles. The van der Waals surface area contributed by atoms with Crippen molar-refractivity contribution in [1.29, 1.82) is 5.26 Å². The van der Waals surface area contributed by atoms with Gasteiger partial charge in [0.1, 0.15) is 11.6 Å². The highest BCUT2D eigenvalue weighted by Crippen LogP contribution is 2.31. The smallest absolute Gasteiger partial charge is 0.108 e. The molecule has 0 aliphatic rings. The van der Waals surface area contributed by atoms with E-state index in [2.05, 4.69) is 50.7 Å². The lowest BCUT2D eigenvalue weighted by atomic mass is 10.0. The largest absolute Gasteiger partial charge is 0.383 e. The molecular formula is C25H20N6. The first-order chi connectivity index (χ1) is 15.2. The fourth-order valence-electron chi connectivity index (χ4n) is 3.81. The summed E-state index contributed by atoms with van der Waals surface area (Å²) in [5.74, 6) is 0. The van der Waals surface area contributed by atoms with Gasteiger partial charge in [-0.3, -0.25) is 14.6 Å². The van der Waals surface area contributed by atoms with Crippen LogP contribution in [0.25, 0.3) is 33.1 Å². The molecule has 150 valence electrons. The average Bonchev–Trinajstić information content (AvgIpc) is 3.19. The minimum Gasteiger partial charge on any atom is -0.383 e. The van der Waals surface area contributed by atoms with E-state index in [4.69, 9.17) is 0 Å². The van der Waals surface area contributed by atoms with Gasteiger partial charge in [-0.25, -0.2) is 0 Å². The summed E-state index contributed by atoms with van der Waals surface area (Å²) in [5, 5.41) is 18.3. The second-order valence-electron chi connectivity index (χ2n) is 7.45. The quantitative estimate of drug-likeness (QED) is 0.459.